The van der Waals surface area contributed by atoms with Gasteiger partial charge in [-0.15, -0.1) is 0 Å². The third-order valence-electron chi connectivity index (χ3n) is 3.44. The van der Waals surface area contributed by atoms with E-state index in [4.69, 9.17) is 5.11 Å². The second-order valence-corrected chi connectivity index (χ2v) is 5.75. The number of nitrogens with one attached hydrogen (secondary N) is 1. The number of hydrogen-bond donors (Lipinski definition) is 2. The van der Waals surface area contributed by atoms with Gasteiger partial charge in [0.05, 0.1) is 5.56 Å². The highest BCUT2D eigenvalue weighted by atomic mass is 32.2. The number of carboxylic acid groups (broad SMARTS) is 1. The summed E-state index contributed by atoms with van der Waals surface area (Å²) in [6.07, 6.45) is 5.31. The third kappa shape index (κ3) is 3.29. The molecule has 1 amide bonds. The third-order valence-corrected chi connectivity index (χ3v) is 4.61. The molecule has 0 aromatic heterocycles. The maximum Gasteiger partial charge on any atom is 0.335 e. The zero-order valence-corrected chi connectivity index (χ0v) is 11.6. The highest BCUT2D eigenvalue weighted by molar-refractivity contribution is 7.99. The number of thioether (sulfide) groups is 1. The molecule has 4 nitrogen and oxygen atoms in total. The van der Waals surface area contributed by atoms with Crippen LogP contribution in [0.25, 0.3) is 0 Å². The van der Waals surface area contributed by atoms with E-state index in [2.05, 4.69) is 11.6 Å². The average molecular weight is 279 g/mol. The Morgan fingerprint density at radius 2 is 2.05 bits per heavy atom. The van der Waals surface area contributed by atoms with Crippen LogP contribution in [0.4, 0.5) is 0 Å². The van der Waals surface area contributed by atoms with E-state index in [0.717, 1.165) is 19.3 Å². The Morgan fingerprint density at radius 1 is 1.32 bits per heavy atom. The minimum absolute atomic E-state index is 0.139. The van der Waals surface area contributed by atoms with Crippen LogP contribution in [0.3, 0.4) is 0 Å². The normalized spacial score (nSPS) is 22.2. The first kappa shape index (κ1) is 13.9. The van der Waals surface area contributed by atoms with Gasteiger partial charge in [-0.1, -0.05) is 12.5 Å². The van der Waals surface area contributed by atoms with Gasteiger partial charge in [-0.25, -0.2) is 4.79 Å². The van der Waals surface area contributed by atoms with E-state index in [1.54, 1.807) is 23.9 Å². The van der Waals surface area contributed by atoms with Gasteiger partial charge in [0.1, 0.15) is 0 Å². The first-order chi connectivity index (χ1) is 9.11. The maximum atomic E-state index is 12.1. The molecule has 2 N–H and O–H groups in total. The SMILES string of the molecule is CSC1CCCC1NC(=O)c1cccc(C(=O)O)c1. The molecule has 0 saturated heterocycles. The number of carbonyl (C=O) groups is 2. The molecule has 0 bridgehead atoms. The van der Waals surface area contributed by atoms with E-state index in [0.29, 0.717) is 10.8 Å². The molecule has 102 valence electrons. The van der Waals surface area contributed by atoms with Crippen molar-refractivity contribution in [3.05, 3.63) is 35.4 Å². The van der Waals surface area contributed by atoms with E-state index in [1.165, 1.54) is 12.1 Å². The molecule has 0 spiro atoms. The molecule has 1 aliphatic rings. The molecule has 2 atom stereocenters. The Hall–Kier alpha value is -1.49. The van der Waals surface area contributed by atoms with Crippen LogP contribution in [-0.2, 0) is 0 Å². The molecular formula is C14H17NO3S. The highest BCUT2D eigenvalue weighted by Gasteiger charge is 2.28. The van der Waals surface area contributed by atoms with Gasteiger partial charge in [-0.3, -0.25) is 4.79 Å². The van der Waals surface area contributed by atoms with Crippen molar-refractivity contribution < 1.29 is 14.7 Å². The summed E-state index contributed by atoms with van der Waals surface area (Å²) in [4.78, 5) is 23.0. The molecule has 1 saturated carbocycles. The predicted octanol–water partition coefficient (Wildman–Crippen LogP) is 2.40. The summed E-state index contributed by atoms with van der Waals surface area (Å²) < 4.78 is 0. The number of rotatable bonds is 4. The number of hydrogen-bond acceptors (Lipinski definition) is 3. The number of carbonyl (C=O) groups excluding carboxylic acids is 1. The van der Waals surface area contributed by atoms with Gasteiger partial charge in [0.25, 0.3) is 5.91 Å². The lowest BCUT2D eigenvalue weighted by molar-refractivity contribution is 0.0697. The Morgan fingerprint density at radius 3 is 2.74 bits per heavy atom. The Labute approximate surface area is 116 Å². The highest BCUT2D eigenvalue weighted by Crippen LogP contribution is 2.28. The zero-order chi connectivity index (χ0) is 13.8. The second-order valence-electron chi connectivity index (χ2n) is 4.67. The first-order valence-corrected chi connectivity index (χ1v) is 7.57. The van der Waals surface area contributed by atoms with Crippen LogP contribution in [0.1, 0.15) is 40.0 Å². The van der Waals surface area contributed by atoms with Crippen molar-refractivity contribution in [3.63, 3.8) is 0 Å². The summed E-state index contributed by atoms with van der Waals surface area (Å²) in [5.74, 6) is -1.20. The molecule has 2 unspecified atom stereocenters. The van der Waals surface area contributed by atoms with Crippen molar-refractivity contribution in [2.24, 2.45) is 0 Å². The minimum atomic E-state index is -1.02. The summed E-state index contributed by atoms with van der Waals surface area (Å²) in [7, 11) is 0. The monoisotopic (exact) mass is 279 g/mol. The molecule has 19 heavy (non-hydrogen) atoms. The van der Waals surface area contributed by atoms with Crippen LogP contribution in [0.15, 0.2) is 24.3 Å². The summed E-state index contributed by atoms with van der Waals surface area (Å²) >= 11 is 1.78. The van der Waals surface area contributed by atoms with Crippen LogP contribution >= 0.6 is 11.8 Å². The quantitative estimate of drug-likeness (QED) is 0.888. The fourth-order valence-electron chi connectivity index (χ4n) is 2.42. The van der Waals surface area contributed by atoms with Gasteiger partial charge in [0.2, 0.25) is 0 Å². The molecule has 5 heteroatoms. The Balaban J connectivity index is 2.07. The molecule has 0 heterocycles. The molecule has 1 aromatic rings. The van der Waals surface area contributed by atoms with Crippen molar-refractivity contribution in [2.45, 2.75) is 30.6 Å². The first-order valence-electron chi connectivity index (χ1n) is 6.29. The number of carboxylic acids is 1. The largest absolute Gasteiger partial charge is 0.478 e. The van der Waals surface area contributed by atoms with E-state index >= 15 is 0 Å². The van der Waals surface area contributed by atoms with Crippen molar-refractivity contribution in [1.29, 1.82) is 0 Å². The number of benzene rings is 1. The van der Waals surface area contributed by atoms with Crippen molar-refractivity contribution >= 4 is 23.6 Å². The van der Waals surface area contributed by atoms with Gasteiger partial charge >= 0.3 is 5.97 Å². The standard InChI is InChI=1S/C14H17NO3S/c1-19-12-7-3-6-11(12)15-13(16)9-4-2-5-10(8-9)14(17)18/h2,4-5,8,11-12H,3,6-7H2,1H3,(H,15,16)(H,17,18). The lowest BCUT2D eigenvalue weighted by Gasteiger charge is -2.19. The van der Waals surface area contributed by atoms with E-state index in [-0.39, 0.29) is 17.5 Å². The molecule has 0 radical (unpaired) electrons. The van der Waals surface area contributed by atoms with Crippen molar-refractivity contribution in [1.82, 2.24) is 5.32 Å². The van der Waals surface area contributed by atoms with Gasteiger partial charge in [-0.05, 0) is 37.3 Å². The Bertz CT molecular complexity index is 489. The van der Waals surface area contributed by atoms with Gasteiger partial charge in [-0.2, -0.15) is 11.8 Å². The summed E-state index contributed by atoms with van der Waals surface area (Å²) in [6, 6.07) is 6.33. The molecule has 1 aromatic carbocycles. The fraction of sp³-hybridized carbons (Fsp3) is 0.429. The van der Waals surface area contributed by atoms with Gasteiger partial charge in [0.15, 0.2) is 0 Å². The number of aromatic carboxylic acids is 1. The topological polar surface area (TPSA) is 66.4 Å². The lowest BCUT2D eigenvalue weighted by Crippen LogP contribution is -2.38. The lowest BCUT2D eigenvalue weighted by atomic mass is 10.1. The van der Waals surface area contributed by atoms with Gasteiger partial charge < -0.3 is 10.4 Å². The summed E-state index contributed by atoms with van der Waals surface area (Å²) in [5, 5.41) is 12.4. The van der Waals surface area contributed by atoms with Crippen LogP contribution in [-0.4, -0.2) is 34.5 Å². The van der Waals surface area contributed by atoms with Crippen LogP contribution in [0, 0.1) is 0 Å². The maximum absolute atomic E-state index is 12.1. The molecule has 1 aliphatic carbocycles. The number of amides is 1. The van der Waals surface area contributed by atoms with Gasteiger partial charge in [0, 0.05) is 16.9 Å². The van der Waals surface area contributed by atoms with E-state index in [1.807, 2.05) is 0 Å². The smallest absolute Gasteiger partial charge is 0.335 e. The van der Waals surface area contributed by atoms with Crippen LogP contribution in [0.5, 0.6) is 0 Å². The minimum Gasteiger partial charge on any atom is -0.478 e. The van der Waals surface area contributed by atoms with E-state index in [9.17, 15) is 9.59 Å². The van der Waals surface area contributed by atoms with Crippen LogP contribution in [0.2, 0.25) is 0 Å². The summed E-state index contributed by atoms with van der Waals surface area (Å²) in [5.41, 5.74) is 0.548. The average Bonchev–Trinajstić information content (AvgIpc) is 2.86. The molecule has 2 rings (SSSR count). The molecular weight excluding hydrogens is 262 g/mol. The molecule has 0 aliphatic heterocycles. The predicted molar refractivity (Wildman–Crippen MR) is 75.8 cm³/mol. The summed E-state index contributed by atoms with van der Waals surface area (Å²) in [6.45, 7) is 0. The fourth-order valence-corrected chi connectivity index (χ4v) is 3.35. The zero-order valence-electron chi connectivity index (χ0n) is 10.8. The molecule has 1 fully saturated rings. The van der Waals surface area contributed by atoms with Crippen LogP contribution < -0.4 is 5.32 Å². The Kier molecular flexibility index (Phi) is 4.47. The van der Waals surface area contributed by atoms with Crippen molar-refractivity contribution in [2.75, 3.05) is 6.26 Å². The van der Waals surface area contributed by atoms with Crippen molar-refractivity contribution in [3.8, 4) is 0 Å². The second kappa shape index (κ2) is 6.10. The van der Waals surface area contributed by atoms with E-state index < -0.39 is 5.97 Å².